The second kappa shape index (κ2) is 9.29. The van der Waals surface area contributed by atoms with E-state index in [0.29, 0.717) is 23.7 Å². The van der Waals surface area contributed by atoms with Gasteiger partial charge < -0.3 is 24.3 Å². The maximum atomic E-state index is 14.0. The Hall–Kier alpha value is -3.48. The molecule has 7 nitrogen and oxygen atoms in total. The summed E-state index contributed by atoms with van der Waals surface area (Å²) in [6.07, 6.45) is 5.42. The number of hydrogen-bond donors (Lipinski definition) is 1. The van der Waals surface area contributed by atoms with E-state index in [1.54, 1.807) is 19.1 Å². The summed E-state index contributed by atoms with van der Waals surface area (Å²) in [5, 5.41) is 4.28. The third kappa shape index (κ3) is 4.03. The molecule has 2 aliphatic rings. The average Bonchev–Trinajstić information content (AvgIpc) is 3.25. The van der Waals surface area contributed by atoms with Crippen molar-refractivity contribution in [2.45, 2.75) is 63.7 Å². The number of ether oxygens (including phenoxy) is 2. The highest BCUT2D eigenvalue weighted by molar-refractivity contribution is 6.03. The van der Waals surface area contributed by atoms with Gasteiger partial charge in [0.05, 0.1) is 27.3 Å². The molecule has 2 aromatic carbocycles. The topological polar surface area (TPSA) is 72.8 Å². The fourth-order valence-electron chi connectivity index (χ4n) is 5.59. The first-order chi connectivity index (χ1) is 17.0. The molecule has 0 bridgehead atoms. The van der Waals surface area contributed by atoms with Gasteiger partial charge in [-0.3, -0.25) is 9.59 Å². The molecule has 1 saturated carbocycles. The van der Waals surface area contributed by atoms with Gasteiger partial charge in [-0.05, 0) is 38.0 Å². The molecule has 2 amide bonds. The van der Waals surface area contributed by atoms with Gasteiger partial charge in [-0.1, -0.05) is 49.6 Å². The van der Waals surface area contributed by atoms with Crippen molar-refractivity contribution in [1.82, 2.24) is 14.8 Å². The maximum Gasteiger partial charge on any atom is 0.271 e. The lowest BCUT2D eigenvalue weighted by atomic mass is 9.91. The van der Waals surface area contributed by atoms with E-state index in [4.69, 9.17) is 9.47 Å². The minimum absolute atomic E-state index is 0.108. The lowest BCUT2D eigenvalue weighted by Crippen LogP contribution is -2.64. The molecule has 3 aromatic rings. The Morgan fingerprint density at radius 2 is 1.83 bits per heavy atom. The van der Waals surface area contributed by atoms with E-state index in [1.807, 2.05) is 60.0 Å². The molecule has 7 heteroatoms. The monoisotopic (exact) mass is 475 g/mol. The number of methoxy groups -OCH3 is 2. The summed E-state index contributed by atoms with van der Waals surface area (Å²) in [6, 6.07) is 15.6. The second-order valence-electron chi connectivity index (χ2n) is 9.80. The summed E-state index contributed by atoms with van der Waals surface area (Å²) in [5.74, 6) is 0.891. The second-order valence-corrected chi connectivity index (χ2v) is 9.80. The van der Waals surface area contributed by atoms with Crippen LogP contribution < -0.4 is 14.8 Å². The Balaban J connectivity index is 1.58. The average molecular weight is 476 g/mol. The maximum absolute atomic E-state index is 14.0. The third-order valence-electron chi connectivity index (χ3n) is 7.58. The van der Waals surface area contributed by atoms with Crippen LogP contribution in [-0.2, 0) is 17.9 Å². The van der Waals surface area contributed by atoms with E-state index >= 15 is 0 Å². The van der Waals surface area contributed by atoms with Crippen LogP contribution in [-0.4, -0.2) is 47.1 Å². The minimum atomic E-state index is -1.07. The van der Waals surface area contributed by atoms with Crippen LogP contribution in [0.2, 0.25) is 0 Å². The van der Waals surface area contributed by atoms with E-state index in [2.05, 4.69) is 5.32 Å². The molecule has 2 heterocycles. The van der Waals surface area contributed by atoms with Crippen molar-refractivity contribution in [3.05, 3.63) is 59.8 Å². The summed E-state index contributed by atoms with van der Waals surface area (Å²) in [7, 11) is 3.18. The number of hydrogen-bond acceptors (Lipinski definition) is 4. The molecule has 0 spiro atoms. The van der Waals surface area contributed by atoms with Crippen molar-refractivity contribution in [2.24, 2.45) is 0 Å². The summed E-state index contributed by atoms with van der Waals surface area (Å²) >= 11 is 0. The van der Waals surface area contributed by atoms with Crippen LogP contribution >= 0.6 is 0 Å². The number of amides is 2. The van der Waals surface area contributed by atoms with Gasteiger partial charge in [-0.25, -0.2) is 0 Å². The first-order valence-electron chi connectivity index (χ1n) is 12.4. The van der Waals surface area contributed by atoms with Gasteiger partial charge in [-0.2, -0.15) is 0 Å². The predicted octanol–water partition coefficient (Wildman–Crippen LogP) is 4.52. The standard InChI is InChI=1S/C28H33N3O4/c1-28(27(33)29-21-12-5-4-6-13-21)18-30-22-14-8-7-10-19(22)16-23(30)26(32)31(28)17-20-11-9-15-24(34-2)25(20)35-3/h7-11,14-16,21H,4-6,12-13,17-18H2,1-3H3,(H,29,33)/t28-/m1/s1. The SMILES string of the molecule is COc1cccc(CN2C(=O)c3cc4ccccc4n3C[C@]2(C)C(=O)NC2CCCCC2)c1OC. The van der Waals surface area contributed by atoms with Gasteiger partial charge in [-0.15, -0.1) is 0 Å². The van der Waals surface area contributed by atoms with Crippen molar-refractivity contribution in [1.29, 1.82) is 0 Å². The highest BCUT2D eigenvalue weighted by atomic mass is 16.5. The van der Waals surface area contributed by atoms with Crippen molar-refractivity contribution < 1.29 is 19.1 Å². The van der Waals surface area contributed by atoms with E-state index in [9.17, 15) is 9.59 Å². The summed E-state index contributed by atoms with van der Waals surface area (Å²) in [4.78, 5) is 29.6. The number of rotatable bonds is 6. The van der Waals surface area contributed by atoms with E-state index in [1.165, 1.54) is 6.42 Å². The first kappa shape index (κ1) is 23.3. The van der Waals surface area contributed by atoms with Gasteiger partial charge in [0.2, 0.25) is 5.91 Å². The lowest BCUT2D eigenvalue weighted by molar-refractivity contribution is -0.134. The largest absolute Gasteiger partial charge is 0.493 e. The van der Waals surface area contributed by atoms with Gasteiger partial charge in [0.25, 0.3) is 5.91 Å². The number of para-hydroxylation sites is 2. The summed E-state index contributed by atoms with van der Waals surface area (Å²) in [5.41, 5.74) is 1.28. The van der Waals surface area contributed by atoms with Crippen molar-refractivity contribution in [2.75, 3.05) is 14.2 Å². The highest BCUT2D eigenvalue weighted by Gasteiger charge is 2.48. The van der Waals surface area contributed by atoms with Crippen LogP contribution in [0.5, 0.6) is 11.5 Å². The fraction of sp³-hybridized carbons (Fsp3) is 0.429. The van der Waals surface area contributed by atoms with Crippen LogP contribution in [0.3, 0.4) is 0 Å². The zero-order valence-corrected chi connectivity index (χ0v) is 20.7. The number of benzene rings is 2. The number of fused-ring (bicyclic) bond motifs is 3. The molecule has 35 heavy (non-hydrogen) atoms. The molecular weight excluding hydrogens is 442 g/mol. The Morgan fingerprint density at radius 1 is 1.06 bits per heavy atom. The first-order valence-corrected chi connectivity index (χ1v) is 12.4. The Labute approximate surface area is 206 Å². The molecule has 1 aliphatic heterocycles. The highest BCUT2D eigenvalue weighted by Crippen LogP contribution is 2.37. The quantitative estimate of drug-likeness (QED) is 0.569. The van der Waals surface area contributed by atoms with Crippen LogP contribution in [0, 0.1) is 0 Å². The number of carbonyl (C=O) groups excluding carboxylic acids is 2. The Bertz CT molecular complexity index is 1260. The van der Waals surface area contributed by atoms with Gasteiger partial charge in [0.15, 0.2) is 11.5 Å². The van der Waals surface area contributed by atoms with Crippen molar-refractivity contribution in [3.63, 3.8) is 0 Å². The van der Waals surface area contributed by atoms with Crippen LogP contribution in [0.1, 0.15) is 55.1 Å². The summed E-state index contributed by atoms with van der Waals surface area (Å²) < 4.78 is 13.1. The Kier molecular flexibility index (Phi) is 6.17. The van der Waals surface area contributed by atoms with Crippen LogP contribution in [0.15, 0.2) is 48.5 Å². The van der Waals surface area contributed by atoms with Crippen LogP contribution in [0.4, 0.5) is 0 Å². The number of carbonyl (C=O) groups is 2. The van der Waals surface area contributed by atoms with Gasteiger partial charge >= 0.3 is 0 Å². The molecule has 0 saturated heterocycles. The minimum Gasteiger partial charge on any atom is -0.493 e. The molecule has 1 aliphatic carbocycles. The summed E-state index contributed by atoms with van der Waals surface area (Å²) in [6.45, 7) is 2.50. The van der Waals surface area contributed by atoms with Gasteiger partial charge in [0.1, 0.15) is 11.2 Å². The van der Waals surface area contributed by atoms with Crippen molar-refractivity contribution >= 4 is 22.7 Å². The van der Waals surface area contributed by atoms with Gasteiger partial charge in [0, 0.05) is 22.5 Å². The van der Waals surface area contributed by atoms with E-state index < -0.39 is 5.54 Å². The van der Waals surface area contributed by atoms with E-state index in [0.717, 1.165) is 42.1 Å². The molecule has 0 unspecified atom stereocenters. The smallest absolute Gasteiger partial charge is 0.271 e. The van der Waals surface area contributed by atoms with Crippen LogP contribution in [0.25, 0.3) is 10.9 Å². The predicted molar refractivity (Wildman–Crippen MR) is 135 cm³/mol. The van der Waals surface area contributed by atoms with Crippen molar-refractivity contribution in [3.8, 4) is 11.5 Å². The lowest BCUT2D eigenvalue weighted by Gasteiger charge is -2.45. The third-order valence-corrected chi connectivity index (χ3v) is 7.58. The normalized spacial score (nSPS) is 20.5. The molecule has 0 radical (unpaired) electrons. The molecular formula is C28H33N3O4. The molecule has 5 rings (SSSR count). The number of nitrogens with zero attached hydrogens (tertiary/aromatic N) is 2. The zero-order valence-electron chi connectivity index (χ0n) is 20.7. The number of aromatic nitrogens is 1. The number of nitrogens with one attached hydrogen (secondary N) is 1. The Morgan fingerprint density at radius 3 is 2.57 bits per heavy atom. The molecule has 1 aromatic heterocycles. The zero-order chi connectivity index (χ0) is 24.6. The molecule has 1 fully saturated rings. The molecule has 1 atom stereocenters. The fourth-order valence-corrected chi connectivity index (χ4v) is 5.59. The molecule has 184 valence electrons. The molecule has 1 N–H and O–H groups in total. The van der Waals surface area contributed by atoms with E-state index in [-0.39, 0.29) is 24.4 Å².